The smallest absolute Gasteiger partial charge is 0.272 e. The van der Waals surface area contributed by atoms with Crippen LogP contribution in [-0.4, -0.2) is 13.0 Å². The maximum Gasteiger partial charge on any atom is 0.272 e. The van der Waals surface area contributed by atoms with Crippen molar-refractivity contribution in [2.45, 2.75) is 45.0 Å². The lowest BCUT2D eigenvalue weighted by molar-refractivity contribution is 0.0815. The molecule has 0 unspecified atom stereocenters. The van der Waals surface area contributed by atoms with Crippen LogP contribution in [-0.2, 0) is 10.8 Å². The van der Waals surface area contributed by atoms with Crippen molar-refractivity contribution >= 4 is 0 Å². The molecule has 0 saturated heterocycles. The van der Waals surface area contributed by atoms with Crippen molar-refractivity contribution in [1.29, 1.82) is 0 Å². The predicted molar refractivity (Wildman–Crippen MR) is 64.0 cm³/mol. The number of fused-ring (bicyclic) bond motifs is 1. The van der Waals surface area contributed by atoms with Crippen molar-refractivity contribution in [2.75, 3.05) is 6.61 Å². The van der Waals surface area contributed by atoms with Crippen LogP contribution in [0.2, 0.25) is 0 Å². The Kier molecular flexibility index (Phi) is 2.68. The largest absolute Gasteiger partial charge is 0.488 e. The quantitative estimate of drug-likeness (QED) is 0.778. The third kappa shape index (κ3) is 1.72. The maximum atomic E-state index is 12.1. The van der Waals surface area contributed by atoms with Gasteiger partial charge in [-0.2, -0.15) is 0 Å². The molecule has 1 aliphatic carbocycles. The third-order valence-corrected chi connectivity index (χ3v) is 4.28. The molecule has 0 radical (unpaired) electrons. The molecule has 1 aliphatic rings. The van der Waals surface area contributed by atoms with E-state index in [-0.39, 0.29) is 10.8 Å². The molecule has 1 nitrogen and oxygen atoms in total. The van der Waals surface area contributed by atoms with Gasteiger partial charge in [0.05, 0.1) is 0 Å². The molecule has 94 valence electrons. The van der Waals surface area contributed by atoms with E-state index in [0.29, 0.717) is 5.75 Å². The van der Waals surface area contributed by atoms with Crippen LogP contribution in [0.5, 0.6) is 5.75 Å². The molecule has 0 atom stereocenters. The summed E-state index contributed by atoms with van der Waals surface area (Å²) in [5, 5.41) is 0. The van der Waals surface area contributed by atoms with Crippen LogP contribution in [0.4, 0.5) is 8.78 Å². The van der Waals surface area contributed by atoms with Gasteiger partial charge < -0.3 is 4.74 Å². The predicted octanol–water partition coefficient (Wildman–Crippen LogP) is 3.90. The fraction of sp³-hybridized carbons (Fsp3) is 0.571. The van der Waals surface area contributed by atoms with Gasteiger partial charge in [-0.15, -0.1) is 0 Å². The highest BCUT2D eigenvalue weighted by Gasteiger charge is 2.51. The van der Waals surface area contributed by atoms with E-state index in [0.717, 1.165) is 0 Å². The van der Waals surface area contributed by atoms with Gasteiger partial charge in [0, 0.05) is 0 Å². The fourth-order valence-corrected chi connectivity index (χ4v) is 2.45. The van der Waals surface area contributed by atoms with Crippen LogP contribution in [0, 0.1) is 0 Å². The Morgan fingerprint density at radius 1 is 1.06 bits per heavy atom. The lowest BCUT2D eigenvalue weighted by Gasteiger charge is -2.54. The maximum absolute atomic E-state index is 12.1. The normalized spacial score (nSPS) is 19.7. The first kappa shape index (κ1) is 12.3. The van der Waals surface area contributed by atoms with E-state index in [9.17, 15) is 8.78 Å². The minimum absolute atomic E-state index is 0.0620. The minimum Gasteiger partial charge on any atom is -0.488 e. The second kappa shape index (κ2) is 3.69. The molecule has 0 amide bonds. The summed E-state index contributed by atoms with van der Waals surface area (Å²) in [5.41, 5.74) is 2.68. The summed E-state index contributed by atoms with van der Waals surface area (Å²) in [6, 6.07) is 5.66. The summed E-state index contributed by atoms with van der Waals surface area (Å²) in [6.45, 7) is 8.21. The van der Waals surface area contributed by atoms with E-state index < -0.39 is 13.0 Å². The molecule has 1 aromatic carbocycles. The van der Waals surface area contributed by atoms with Crippen molar-refractivity contribution < 1.29 is 13.5 Å². The van der Waals surface area contributed by atoms with Gasteiger partial charge in [-0.05, 0) is 34.1 Å². The molecule has 0 fully saturated rings. The van der Waals surface area contributed by atoms with E-state index in [1.807, 2.05) is 12.1 Å². The first-order valence-electron chi connectivity index (χ1n) is 5.83. The third-order valence-electron chi connectivity index (χ3n) is 4.28. The van der Waals surface area contributed by atoms with E-state index in [1.165, 1.54) is 11.1 Å². The zero-order valence-corrected chi connectivity index (χ0v) is 10.7. The Balaban J connectivity index is 2.25. The number of hydrogen-bond acceptors (Lipinski definition) is 1. The Morgan fingerprint density at radius 2 is 1.65 bits per heavy atom. The van der Waals surface area contributed by atoms with Crippen LogP contribution in [0.25, 0.3) is 0 Å². The standard InChI is InChI=1S/C14H18F2O/c1-13(2)10-6-5-9(17-8-12(15)16)7-11(10)14(13,3)4/h5-7,12H,8H2,1-4H3. The molecule has 0 bridgehead atoms. The molecular formula is C14H18F2O. The van der Waals surface area contributed by atoms with E-state index in [4.69, 9.17) is 4.74 Å². The second-order valence-electron chi connectivity index (χ2n) is 5.66. The van der Waals surface area contributed by atoms with Crippen LogP contribution >= 0.6 is 0 Å². The van der Waals surface area contributed by atoms with Gasteiger partial charge in [0.15, 0.2) is 0 Å². The molecule has 0 N–H and O–H groups in total. The van der Waals surface area contributed by atoms with Crippen molar-refractivity contribution in [3.8, 4) is 5.75 Å². The summed E-state index contributed by atoms with van der Waals surface area (Å²) < 4.78 is 29.2. The zero-order valence-electron chi connectivity index (χ0n) is 10.7. The first-order valence-corrected chi connectivity index (χ1v) is 5.83. The van der Waals surface area contributed by atoms with Crippen molar-refractivity contribution in [2.24, 2.45) is 0 Å². The van der Waals surface area contributed by atoms with Gasteiger partial charge in [-0.3, -0.25) is 0 Å². The Morgan fingerprint density at radius 3 is 2.24 bits per heavy atom. The van der Waals surface area contributed by atoms with E-state index >= 15 is 0 Å². The zero-order chi connectivity index (χ0) is 12.8. The average Bonchev–Trinajstić information content (AvgIpc) is 2.25. The number of halogens is 2. The topological polar surface area (TPSA) is 9.23 Å². The molecule has 0 spiro atoms. The molecule has 0 saturated carbocycles. The molecule has 0 heterocycles. The molecule has 0 aliphatic heterocycles. The summed E-state index contributed by atoms with van der Waals surface area (Å²) in [4.78, 5) is 0. The van der Waals surface area contributed by atoms with Gasteiger partial charge >= 0.3 is 0 Å². The highest BCUT2D eigenvalue weighted by atomic mass is 19.3. The summed E-state index contributed by atoms with van der Waals surface area (Å²) in [5.74, 6) is 0.535. The van der Waals surface area contributed by atoms with Crippen LogP contribution < -0.4 is 4.74 Å². The highest BCUT2D eigenvalue weighted by Crippen LogP contribution is 2.56. The molecule has 1 aromatic rings. The van der Waals surface area contributed by atoms with Gasteiger partial charge in [0.2, 0.25) is 0 Å². The van der Waals surface area contributed by atoms with Gasteiger partial charge in [-0.1, -0.05) is 33.8 Å². The minimum atomic E-state index is -2.43. The lowest BCUT2D eigenvalue weighted by Crippen LogP contribution is -2.50. The molecule has 2 rings (SSSR count). The summed E-state index contributed by atoms with van der Waals surface area (Å²) in [6.07, 6.45) is -2.43. The molecule has 3 heteroatoms. The van der Waals surface area contributed by atoms with E-state index in [1.54, 1.807) is 6.07 Å². The molecular weight excluding hydrogens is 222 g/mol. The number of benzene rings is 1. The van der Waals surface area contributed by atoms with Gasteiger partial charge in [0.25, 0.3) is 6.43 Å². The summed E-state index contributed by atoms with van der Waals surface area (Å²) >= 11 is 0. The Labute approximate surface area is 101 Å². The Bertz CT molecular complexity index is 436. The summed E-state index contributed by atoms with van der Waals surface area (Å²) in [7, 11) is 0. The van der Waals surface area contributed by atoms with Crippen LogP contribution in [0.15, 0.2) is 18.2 Å². The van der Waals surface area contributed by atoms with Gasteiger partial charge in [-0.25, -0.2) is 8.78 Å². The second-order valence-corrected chi connectivity index (χ2v) is 5.66. The van der Waals surface area contributed by atoms with Crippen LogP contribution in [0.3, 0.4) is 0 Å². The van der Waals surface area contributed by atoms with Gasteiger partial charge in [0.1, 0.15) is 12.4 Å². The van der Waals surface area contributed by atoms with Crippen molar-refractivity contribution in [3.05, 3.63) is 29.3 Å². The van der Waals surface area contributed by atoms with Crippen LogP contribution in [0.1, 0.15) is 38.8 Å². The number of ether oxygens (including phenoxy) is 1. The number of hydrogen-bond donors (Lipinski definition) is 0. The van der Waals surface area contributed by atoms with Crippen molar-refractivity contribution in [1.82, 2.24) is 0 Å². The lowest BCUT2D eigenvalue weighted by atomic mass is 9.50. The Hall–Kier alpha value is -1.12. The molecule has 17 heavy (non-hydrogen) atoms. The number of alkyl halides is 2. The highest BCUT2D eigenvalue weighted by molar-refractivity contribution is 5.55. The van der Waals surface area contributed by atoms with Crippen molar-refractivity contribution in [3.63, 3.8) is 0 Å². The molecule has 0 aromatic heterocycles. The average molecular weight is 240 g/mol. The SMILES string of the molecule is CC1(C)c2ccc(OCC(F)F)cc2C1(C)C. The monoisotopic (exact) mass is 240 g/mol. The first-order chi connectivity index (χ1) is 7.76. The van der Waals surface area contributed by atoms with E-state index in [2.05, 4.69) is 27.7 Å². The fourth-order valence-electron chi connectivity index (χ4n) is 2.45. The number of rotatable bonds is 3.